The fourth-order valence-electron chi connectivity index (χ4n) is 0.995. The maximum atomic E-state index is 5.06. The van der Waals surface area contributed by atoms with Crippen LogP contribution in [0, 0.1) is 13.1 Å². The van der Waals surface area contributed by atoms with Gasteiger partial charge in [0, 0.05) is 24.4 Å². The molecule has 0 fully saturated rings. The molecule has 3 heteroatoms. The van der Waals surface area contributed by atoms with Crippen LogP contribution in [0.1, 0.15) is 11.1 Å². The first kappa shape index (κ1) is 9.00. The van der Waals surface area contributed by atoms with E-state index in [9.17, 15) is 0 Å². The summed E-state index contributed by atoms with van der Waals surface area (Å²) in [5, 5.41) is 0. The van der Waals surface area contributed by atoms with E-state index < -0.39 is 0 Å². The molecule has 12 heavy (non-hydrogen) atoms. The molecule has 1 radical (unpaired) electrons. The van der Waals surface area contributed by atoms with Gasteiger partial charge >= 0.3 is 0 Å². The van der Waals surface area contributed by atoms with Gasteiger partial charge in [-0.25, -0.2) is 0 Å². The molecule has 0 saturated heterocycles. The standard InChI is InChI=1S/C9H12NO2/c1-7-8(6-11-2)4-10-5-9(7)12-3/h4H,6H2,1-3H3. The van der Waals surface area contributed by atoms with Crippen LogP contribution in [0.2, 0.25) is 0 Å². The largest absolute Gasteiger partial charge is 0.494 e. The number of methoxy groups -OCH3 is 2. The number of aromatic nitrogens is 1. The normalized spacial score (nSPS) is 9.92. The topological polar surface area (TPSA) is 31.4 Å². The predicted molar refractivity (Wildman–Crippen MR) is 45.1 cm³/mol. The fraction of sp³-hybridized carbons (Fsp3) is 0.444. The highest BCUT2D eigenvalue weighted by molar-refractivity contribution is 5.34. The molecule has 0 unspecified atom stereocenters. The van der Waals surface area contributed by atoms with Crippen molar-refractivity contribution in [2.75, 3.05) is 14.2 Å². The van der Waals surface area contributed by atoms with Gasteiger partial charge in [-0.05, 0) is 6.92 Å². The Morgan fingerprint density at radius 2 is 2.25 bits per heavy atom. The quantitative estimate of drug-likeness (QED) is 0.679. The molecule has 0 atom stereocenters. The average molecular weight is 166 g/mol. The summed E-state index contributed by atoms with van der Waals surface area (Å²) in [5.41, 5.74) is 2.07. The maximum absolute atomic E-state index is 5.06. The third-order valence-corrected chi connectivity index (χ3v) is 1.71. The van der Waals surface area contributed by atoms with Crippen molar-refractivity contribution in [3.05, 3.63) is 23.5 Å². The van der Waals surface area contributed by atoms with Gasteiger partial charge in [-0.15, -0.1) is 0 Å². The van der Waals surface area contributed by atoms with Crippen molar-refractivity contribution in [1.29, 1.82) is 0 Å². The SMILES string of the molecule is COCc1cn[c]c(OC)c1C. The van der Waals surface area contributed by atoms with Gasteiger partial charge in [0.05, 0.1) is 13.7 Å². The van der Waals surface area contributed by atoms with Crippen LogP contribution in [0.4, 0.5) is 0 Å². The van der Waals surface area contributed by atoms with E-state index in [2.05, 4.69) is 11.2 Å². The van der Waals surface area contributed by atoms with Gasteiger partial charge in [0.1, 0.15) is 11.9 Å². The molecule has 0 amide bonds. The number of rotatable bonds is 3. The van der Waals surface area contributed by atoms with E-state index in [1.54, 1.807) is 20.4 Å². The van der Waals surface area contributed by atoms with E-state index in [1.165, 1.54) is 0 Å². The van der Waals surface area contributed by atoms with E-state index in [4.69, 9.17) is 9.47 Å². The highest BCUT2D eigenvalue weighted by atomic mass is 16.5. The molecule has 1 aromatic rings. The molecule has 0 spiro atoms. The van der Waals surface area contributed by atoms with Crippen molar-refractivity contribution in [2.24, 2.45) is 0 Å². The van der Waals surface area contributed by atoms with Gasteiger partial charge in [-0.1, -0.05) is 0 Å². The minimum absolute atomic E-state index is 0.559. The lowest BCUT2D eigenvalue weighted by molar-refractivity contribution is 0.183. The molecule has 1 heterocycles. The number of nitrogens with zero attached hydrogens (tertiary/aromatic N) is 1. The van der Waals surface area contributed by atoms with Crippen molar-refractivity contribution in [1.82, 2.24) is 4.98 Å². The van der Waals surface area contributed by atoms with Crippen LogP contribution in [0.3, 0.4) is 0 Å². The fourth-order valence-corrected chi connectivity index (χ4v) is 0.995. The number of ether oxygens (including phenoxy) is 2. The summed E-state index contributed by atoms with van der Waals surface area (Å²) in [6.07, 6.45) is 4.49. The first-order chi connectivity index (χ1) is 5.79. The van der Waals surface area contributed by atoms with Gasteiger partial charge in [-0.2, -0.15) is 0 Å². The van der Waals surface area contributed by atoms with Gasteiger partial charge in [0.2, 0.25) is 0 Å². The Morgan fingerprint density at radius 1 is 1.50 bits per heavy atom. The van der Waals surface area contributed by atoms with Gasteiger partial charge in [-0.3, -0.25) is 4.98 Å². The Balaban J connectivity index is 2.97. The monoisotopic (exact) mass is 166 g/mol. The van der Waals surface area contributed by atoms with Gasteiger partial charge < -0.3 is 9.47 Å². The third-order valence-electron chi connectivity index (χ3n) is 1.71. The van der Waals surface area contributed by atoms with Gasteiger partial charge in [0.25, 0.3) is 0 Å². The summed E-state index contributed by atoms with van der Waals surface area (Å²) in [6.45, 7) is 2.52. The third kappa shape index (κ3) is 1.74. The van der Waals surface area contributed by atoms with E-state index in [-0.39, 0.29) is 0 Å². The van der Waals surface area contributed by atoms with Crippen LogP contribution in [0.5, 0.6) is 5.75 Å². The second-order valence-corrected chi connectivity index (χ2v) is 2.49. The summed E-state index contributed by atoms with van der Waals surface area (Å²) in [7, 11) is 3.26. The summed E-state index contributed by atoms with van der Waals surface area (Å²) in [5.74, 6) is 0.685. The molecular formula is C9H12NO2. The molecule has 1 rings (SSSR count). The molecule has 0 aliphatic rings. The zero-order chi connectivity index (χ0) is 8.97. The highest BCUT2D eigenvalue weighted by Crippen LogP contribution is 2.18. The lowest BCUT2D eigenvalue weighted by atomic mass is 10.1. The molecule has 1 aromatic heterocycles. The number of hydrogen-bond donors (Lipinski definition) is 0. The lowest BCUT2D eigenvalue weighted by Gasteiger charge is -2.07. The summed E-state index contributed by atoms with van der Waals surface area (Å²) in [6, 6.07) is 0. The molecule has 0 saturated carbocycles. The molecule has 0 aliphatic heterocycles. The van der Waals surface area contributed by atoms with Crippen LogP contribution < -0.4 is 4.74 Å². The van der Waals surface area contributed by atoms with Crippen molar-refractivity contribution in [3.8, 4) is 5.75 Å². The molecule has 0 N–H and O–H groups in total. The summed E-state index contributed by atoms with van der Waals surface area (Å²) >= 11 is 0. The van der Waals surface area contributed by atoms with E-state index in [1.807, 2.05) is 6.92 Å². The molecular weight excluding hydrogens is 154 g/mol. The zero-order valence-corrected chi connectivity index (χ0v) is 7.55. The van der Waals surface area contributed by atoms with E-state index in [0.717, 1.165) is 11.1 Å². The van der Waals surface area contributed by atoms with Crippen LogP contribution in [0.15, 0.2) is 6.20 Å². The molecule has 0 aliphatic carbocycles. The number of hydrogen-bond acceptors (Lipinski definition) is 3. The Morgan fingerprint density at radius 3 is 2.83 bits per heavy atom. The van der Waals surface area contributed by atoms with Crippen molar-refractivity contribution < 1.29 is 9.47 Å². The average Bonchev–Trinajstić information content (AvgIpc) is 2.09. The Labute approximate surface area is 72.3 Å². The summed E-state index contributed by atoms with van der Waals surface area (Å²) in [4.78, 5) is 3.90. The van der Waals surface area contributed by atoms with Crippen LogP contribution in [-0.4, -0.2) is 19.2 Å². The van der Waals surface area contributed by atoms with Crippen LogP contribution in [-0.2, 0) is 11.3 Å². The van der Waals surface area contributed by atoms with E-state index >= 15 is 0 Å². The molecule has 0 bridgehead atoms. The molecule has 65 valence electrons. The lowest BCUT2D eigenvalue weighted by Crippen LogP contribution is -1.96. The summed E-state index contributed by atoms with van der Waals surface area (Å²) < 4.78 is 10.1. The minimum Gasteiger partial charge on any atom is -0.494 e. The second-order valence-electron chi connectivity index (χ2n) is 2.49. The van der Waals surface area contributed by atoms with Crippen molar-refractivity contribution >= 4 is 0 Å². The van der Waals surface area contributed by atoms with Gasteiger partial charge in [0.15, 0.2) is 0 Å². The van der Waals surface area contributed by atoms with E-state index in [0.29, 0.717) is 12.4 Å². The second kappa shape index (κ2) is 4.07. The Kier molecular flexibility index (Phi) is 3.05. The Bertz CT molecular complexity index is 261. The number of pyridine rings is 1. The maximum Gasteiger partial charge on any atom is 0.150 e. The zero-order valence-electron chi connectivity index (χ0n) is 7.55. The smallest absolute Gasteiger partial charge is 0.150 e. The van der Waals surface area contributed by atoms with Crippen molar-refractivity contribution in [2.45, 2.75) is 13.5 Å². The molecule has 0 aromatic carbocycles. The van der Waals surface area contributed by atoms with Crippen LogP contribution >= 0.6 is 0 Å². The van der Waals surface area contributed by atoms with Crippen LogP contribution in [0.25, 0.3) is 0 Å². The van der Waals surface area contributed by atoms with Crippen molar-refractivity contribution in [3.63, 3.8) is 0 Å². The first-order valence-electron chi connectivity index (χ1n) is 3.68. The first-order valence-corrected chi connectivity index (χ1v) is 3.68. The predicted octanol–water partition coefficient (Wildman–Crippen LogP) is 1.35. The highest BCUT2D eigenvalue weighted by Gasteiger charge is 2.04. The minimum atomic E-state index is 0.559. The molecule has 3 nitrogen and oxygen atoms in total. The Hall–Kier alpha value is -1.09.